The quantitative estimate of drug-likeness (QED) is 0.496. The van der Waals surface area contributed by atoms with Crippen LogP contribution in [0.15, 0.2) is 40.2 Å². The zero-order valence-corrected chi connectivity index (χ0v) is 12.8. The van der Waals surface area contributed by atoms with Crippen LogP contribution in [0.1, 0.15) is 6.42 Å². The molecule has 7 nitrogen and oxygen atoms in total. The molecule has 2 rings (SSSR count). The van der Waals surface area contributed by atoms with Crippen LogP contribution in [0, 0.1) is 0 Å². The highest BCUT2D eigenvalue weighted by molar-refractivity contribution is 5.89. The zero-order valence-electron chi connectivity index (χ0n) is 12.8. The SMILES string of the molecule is COCCOC1=NC2=CCC=CC2=C(C=O)N1OCCOC. The molecule has 0 spiro atoms. The van der Waals surface area contributed by atoms with E-state index < -0.39 is 0 Å². The fourth-order valence-electron chi connectivity index (χ4n) is 2.00. The third-order valence-corrected chi connectivity index (χ3v) is 3.03. The van der Waals surface area contributed by atoms with Crippen LogP contribution in [0.5, 0.6) is 0 Å². The van der Waals surface area contributed by atoms with E-state index in [9.17, 15) is 4.79 Å². The lowest BCUT2D eigenvalue weighted by molar-refractivity contribution is -0.124. The summed E-state index contributed by atoms with van der Waals surface area (Å²) in [6.07, 6.45) is 7.26. The number of amidine groups is 1. The number of allylic oxidation sites excluding steroid dienone is 4. The van der Waals surface area contributed by atoms with Crippen molar-refractivity contribution in [2.24, 2.45) is 4.99 Å². The summed E-state index contributed by atoms with van der Waals surface area (Å²) in [6, 6.07) is 0.223. The van der Waals surface area contributed by atoms with E-state index in [1.807, 2.05) is 18.2 Å². The number of carbonyl (C=O) groups is 1. The molecule has 120 valence electrons. The molecule has 0 fully saturated rings. The molecule has 1 aliphatic heterocycles. The van der Waals surface area contributed by atoms with Crippen LogP contribution < -0.4 is 0 Å². The molecule has 0 aromatic rings. The number of hydroxylamine groups is 2. The van der Waals surface area contributed by atoms with Gasteiger partial charge in [0, 0.05) is 19.8 Å². The Morgan fingerprint density at radius 1 is 1.23 bits per heavy atom. The monoisotopic (exact) mass is 308 g/mol. The van der Waals surface area contributed by atoms with Crippen molar-refractivity contribution in [2.45, 2.75) is 6.42 Å². The van der Waals surface area contributed by atoms with Gasteiger partial charge in [-0.3, -0.25) is 9.63 Å². The summed E-state index contributed by atoms with van der Waals surface area (Å²) in [5.74, 6) is 0. The normalized spacial score (nSPS) is 17.1. The second kappa shape index (κ2) is 8.47. The first-order chi connectivity index (χ1) is 10.8. The van der Waals surface area contributed by atoms with Gasteiger partial charge in [0.05, 0.1) is 25.5 Å². The van der Waals surface area contributed by atoms with Gasteiger partial charge in [-0.15, -0.1) is 0 Å². The highest BCUT2D eigenvalue weighted by Gasteiger charge is 2.29. The average molecular weight is 308 g/mol. The topological polar surface area (TPSA) is 69.6 Å². The van der Waals surface area contributed by atoms with Crippen molar-refractivity contribution in [3.63, 3.8) is 0 Å². The maximum Gasteiger partial charge on any atom is 0.322 e. The van der Waals surface area contributed by atoms with Crippen LogP contribution >= 0.6 is 0 Å². The number of fused-ring (bicyclic) bond motifs is 1. The Kier molecular flexibility index (Phi) is 6.32. The highest BCUT2D eigenvalue weighted by atomic mass is 16.7. The molecule has 2 aliphatic rings. The summed E-state index contributed by atoms with van der Waals surface area (Å²) in [7, 11) is 3.16. The predicted octanol–water partition coefficient (Wildman–Crippen LogP) is 1.20. The lowest BCUT2D eigenvalue weighted by Crippen LogP contribution is -2.38. The molecule has 7 heteroatoms. The van der Waals surface area contributed by atoms with Crippen molar-refractivity contribution in [1.29, 1.82) is 0 Å². The Morgan fingerprint density at radius 2 is 2.00 bits per heavy atom. The van der Waals surface area contributed by atoms with Crippen LogP contribution in [0.25, 0.3) is 0 Å². The second-order valence-corrected chi connectivity index (χ2v) is 4.50. The van der Waals surface area contributed by atoms with Crippen molar-refractivity contribution in [3.05, 3.63) is 35.2 Å². The molecule has 0 unspecified atom stereocenters. The smallest absolute Gasteiger partial charge is 0.322 e. The maximum absolute atomic E-state index is 11.5. The van der Waals surface area contributed by atoms with E-state index in [4.69, 9.17) is 19.0 Å². The lowest BCUT2D eigenvalue weighted by Gasteiger charge is -2.30. The van der Waals surface area contributed by atoms with Crippen LogP contribution in [0.3, 0.4) is 0 Å². The Balaban J connectivity index is 2.22. The zero-order chi connectivity index (χ0) is 15.8. The molecule has 0 N–H and O–H groups in total. The minimum Gasteiger partial charge on any atom is -0.461 e. The van der Waals surface area contributed by atoms with Crippen molar-refractivity contribution >= 4 is 12.3 Å². The first kappa shape index (κ1) is 16.4. The highest BCUT2D eigenvalue weighted by Crippen LogP contribution is 2.29. The number of carbonyl (C=O) groups excluding carboxylic acids is 1. The number of hydrogen-bond acceptors (Lipinski definition) is 7. The molecular weight excluding hydrogens is 288 g/mol. The number of aliphatic imine (C=N–C) groups is 1. The molecule has 0 bridgehead atoms. The number of nitrogens with zero attached hydrogens (tertiary/aromatic N) is 2. The Morgan fingerprint density at radius 3 is 2.73 bits per heavy atom. The van der Waals surface area contributed by atoms with Gasteiger partial charge in [-0.1, -0.05) is 18.2 Å². The van der Waals surface area contributed by atoms with E-state index in [-0.39, 0.29) is 12.6 Å². The first-order valence-corrected chi connectivity index (χ1v) is 7.00. The van der Waals surface area contributed by atoms with Crippen LogP contribution in [-0.4, -0.2) is 58.0 Å². The van der Waals surface area contributed by atoms with Crippen molar-refractivity contribution in [3.8, 4) is 0 Å². The Hall–Kier alpha value is -1.96. The number of ether oxygens (including phenoxy) is 3. The molecule has 0 amide bonds. The van der Waals surface area contributed by atoms with Gasteiger partial charge in [0.1, 0.15) is 12.3 Å². The van der Waals surface area contributed by atoms with E-state index in [1.54, 1.807) is 14.2 Å². The third kappa shape index (κ3) is 3.82. The van der Waals surface area contributed by atoms with Crippen LogP contribution in [-0.2, 0) is 23.8 Å². The van der Waals surface area contributed by atoms with Crippen molar-refractivity contribution < 1.29 is 23.8 Å². The lowest BCUT2D eigenvalue weighted by atomic mass is 10.0. The summed E-state index contributed by atoms with van der Waals surface area (Å²) in [6.45, 7) is 1.39. The number of rotatable bonds is 8. The van der Waals surface area contributed by atoms with Gasteiger partial charge in [-0.05, 0) is 6.42 Å². The number of aldehydes is 1. The molecule has 22 heavy (non-hydrogen) atoms. The van der Waals surface area contributed by atoms with Gasteiger partial charge in [0.25, 0.3) is 0 Å². The maximum atomic E-state index is 11.5. The number of methoxy groups -OCH3 is 2. The van der Waals surface area contributed by atoms with Gasteiger partial charge in [-0.2, -0.15) is 10.1 Å². The van der Waals surface area contributed by atoms with Crippen LogP contribution in [0.2, 0.25) is 0 Å². The summed E-state index contributed by atoms with van der Waals surface area (Å²) in [4.78, 5) is 21.5. The Bertz CT molecular complexity index is 522. The summed E-state index contributed by atoms with van der Waals surface area (Å²) >= 11 is 0. The second-order valence-electron chi connectivity index (χ2n) is 4.50. The molecule has 0 saturated heterocycles. The summed E-state index contributed by atoms with van der Waals surface area (Å²) < 4.78 is 15.5. The van der Waals surface area contributed by atoms with E-state index in [1.165, 1.54) is 5.06 Å². The fourth-order valence-corrected chi connectivity index (χ4v) is 2.00. The molecule has 0 aromatic carbocycles. The van der Waals surface area contributed by atoms with E-state index in [0.717, 1.165) is 18.3 Å². The standard InChI is InChI=1S/C15H20N2O5/c1-19-7-9-21-15-16-13-6-4-3-5-12(13)14(11-18)17(15)22-10-8-20-2/h3,5-6,11H,4,7-10H2,1-2H3. The van der Waals surface area contributed by atoms with E-state index >= 15 is 0 Å². The molecule has 0 atom stereocenters. The van der Waals surface area contributed by atoms with Crippen molar-refractivity contribution in [1.82, 2.24) is 5.06 Å². The Labute approximate surface area is 129 Å². The molecule has 0 aromatic heterocycles. The van der Waals surface area contributed by atoms with Crippen LogP contribution in [0.4, 0.5) is 0 Å². The first-order valence-electron chi connectivity index (χ1n) is 7.00. The molecule has 1 aliphatic carbocycles. The average Bonchev–Trinajstić information content (AvgIpc) is 2.55. The minimum absolute atomic E-state index is 0.223. The van der Waals surface area contributed by atoms with Gasteiger partial charge in [0.15, 0.2) is 6.29 Å². The molecule has 0 saturated carbocycles. The molecule has 0 radical (unpaired) electrons. The van der Waals surface area contributed by atoms with E-state index in [2.05, 4.69) is 4.99 Å². The van der Waals surface area contributed by atoms with Gasteiger partial charge in [-0.25, -0.2) is 0 Å². The largest absolute Gasteiger partial charge is 0.461 e. The number of hydrogen-bond donors (Lipinski definition) is 0. The third-order valence-electron chi connectivity index (χ3n) is 3.03. The summed E-state index contributed by atoms with van der Waals surface area (Å²) in [5, 5.41) is 1.31. The predicted molar refractivity (Wildman–Crippen MR) is 79.9 cm³/mol. The summed E-state index contributed by atoms with van der Waals surface area (Å²) in [5.41, 5.74) is 1.79. The fraction of sp³-hybridized carbons (Fsp3) is 0.467. The molecule has 1 heterocycles. The van der Waals surface area contributed by atoms with Gasteiger partial charge < -0.3 is 14.2 Å². The molecular formula is C15H20N2O5. The minimum atomic E-state index is 0.223. The van der Waals surface area contributed by atoms with Gasteiger partial charge >= 0.3 is 6.02 Å². The van der Waals surface area contributed by atoms with Crippen molar-refractivity contribution in [2.75, 3.05) is 40.6 Å². The van der Waals surface area contributed by atoms with E-state index in [0.29, 0.717) is 31.2 Å². The van der Waals surface area contributed by atoms with Gasteiger partial charge in [0.2, 0.25) is 0 Å².